The van der Waals surface area contributed by atoms with E-state index in [1.54, 1.807) is 18.2 Å². The fourth-order valence-electron chi connectivity index (χ4n) is 2.91. The highest BCUT2D eigenvalue weighted by Crippen LogP contribution is 2.19. The van der Waals surface area contributed by atoms with Gasteiger partial charge < -0.3 is 5.32 Å². The number of carbonyl (C=O) groups excluding carboxylic acids is 1. The van der Waals surface area contributed by atoms with Crippen molar-refractivity contribution in [3.05, 3.63) is 78.4 Å². The maximum absolute atomic E-state index is 12.2. The molecular formula is C23H23N3O3S2. The van der Waals surface area contributed by atoms with E-state index < -0.39 is 10.0 Å². The molecule has 3 aromatic rings. The molecule has 8 heteroatoms. The SMILES string of the molecule is CCCNS(=O)(=O)c1ccc(NC(=S)NC(=O)/C=C/c2cccc3ccccc23)cc1. The summed E-state index contributed by atoms with van der Waals surface area (Å²) >= 11 is 5.18. The molecule has 31 heavy (non-hydrogen) atoms. The van der Waals surface area contributed by atoms with Gasteiger partial charge >= 0.3 is 0 Å². The minimum Gasteiger partial charge on any atom is -0.332 e. The molecule has 0 heterocycles. The van der Waals surface area contributed by atoms with Crippen LogP contribution in [-0.2, 0) is 14.8 Å². The van der Waals surface area contributed by atoms with Gasteiger partial charge in [-0.3, -0.25) is 10.1 Å². The van der Waals surface area contributed by atoms with Crippen molar-refractivity contribution in [2.45, 2.75) is 18.2 Å². The highest BCUT2D eigenvalue weighted by atomic mass is 32.2. The van der Waals surface area contributed by atoms with E-state index in [9.17, 15) is 13.2 Å². The van der Waals surface area contributed by atoms with Crippen molar-refractivity contribution >= 4 is 55.8 Å². The summed E-state index contributed by atoms with van der Waals surface area (Å²) < 4.78 is 26.7. The van der Waals surface area contributed by atoms with Gasteiger partial charge in [0.05, 0.1) is 4.90 Å². The van der Waals surface area contributed by atoms with Crippen molar-refractivity contribution in [3.63, 3.8) is 0 Å². The second kappa shape index (κ2) is 10.3. The molecule has 0 bridgehead atoms. The third-order valence-corrected chi connectivity index (χ3v) is 6.12. The second-order valence-corrected chi connectivity index (χ2v) is 8.94. The van der Waals surface area contributed by atoms with E-state index in [0.29, 0.717) is 18.7 Å². The molecule has 0 radical (unpaired) electrons. The van der Waals surface area contributed by atoms with Gasteiger partial charge in [-0.1, -0.05) is 49.4 Å². The summed E-state index contributed by atoms with van der Waals surface area (Å²) in [5.41, 5.74) is 1.50. The van der Waals surface area contributed by atoms with Crippen LogP contribution < -0.4 is 15.4 Å². The summed E-state index contributed by atoms with van der Waals surface area (Å²) in [6, 6.07) is 20.0. The molecule has 0 fully saturated rings. The van der Waals surface area contributed by atoms with Crippen molar-refractivity contribution in [2.75, 3.05) is 11.9 Å². The Morgan fingerprint density at radius 1 is 1.00 bits per heavy atom. The van der Waals surface area contributed by atoms with E-state index in [-0.39, 0.29) is 15.9 Å². The average molecular weight is 454 g/mol. The zero-order valence-electron chi connectivity index (χ0n) is 17.0. The molecule has 1 amide bonds. The van der Waals surface area contributed by atoms with Gasteiger partial charge in [-0.15, -0.1) is 0 Å². The predicted molar refractivity (Wildman–Crippen MR) is 129 cm³/mol. The van der Waals surface area contributed by atoms with Gasteiger partial charge in [0.2, 0.25) is 15.9 Å². The number of sulfonamides is 1. The lowest BCUT2D eigenvalue weighted by Gasteiger charge is -2.10. The van der Waals surface area contributed by atoms with Crippen LogP contribution in [0.1, 0.15) is 18.9 Å². The quantitative estimate of drug-likeness (QED) is 0.371. The Morgan fingerprint density at radius 2 is 1.71 bits per heavy atom. The van der Waals surface area contributed by atoms with Crippen LogP contribution in [0.25, 0.3) is 16.8 Å². The van der Waals surface area contributed by atoms with Gasteiger partial charge in [0, 0.05) is 18.3 Å². The van der Waals surface area contributed by atoms with Crippen molar-refractivity contribution < 1.29 is 13.2 Å². The molecule has 160 valence electrons. The van der Waals surface area contributed by atoms with Gasteiger partial charge in [-0.2, -0.15) is 0 Å². The number of nitrogens with one attached hydrogen (secondary N) is 3. The molecule has 3 rings (SSSR count). The first-order valence-electron chi connectivity index (χ1n) is 9.76. The lowest BCUT2D eigenvalue weighted by Crippen LogP contribution is -2.32. The molecule has 0 atom stereocenters. The summed E-state index contributed by atoms with van der Waals surface area (Å²) in [6.45, 7) is 2.27. The van der Waals surface area contributed by atoms with Crippen LogP contribution >= 0.6 is 12.2 Å². The third kappa shape index (κ3) is 6.21. The van der Waals surface area contributed by atoms with Gasteiger partial charge in [0.1, 0.15) is 0 Å². The number of hydrogen-bond acceptors (Lipinski definition) is 4. The van der Waals surface area contributed by atoms with Gasteiger partial charge in [0.25, 0.3) is 0 Å². The molecule has 0 saturated carbocycles. The zero-order chi connectivity index (χ0) is 22.3. The summed E-state index contributed by atoms with van der Waals surface area (Å²) in [4.78, 5) is 12.4. The number of thiocarbonyl (C=S) groups is 1. The molecule has 0 aliphatic heterocycles. The molecule has 0 aromatic heterocycles. The van der Waals surface area contributed by atoms with Crippen molar-refractivity contribution in [3.8, 4) is 0 Å². The Morgan fingerprint density at radius 3 is 2.45 bits per heavy atom. The van der Waals surface area contributed by atoms with E-state index in [1.165, 1.54) is 18.2 Å². The summed E-state index contributed by atoms with van der Waals surface area (Å²) in [7, 11) is -3.53. The minimum atomic E-state index is -3.53. The summed E-state index contributed by atoms with van der Waals surface area (Å²) in [5, 5.41) is 7.72. The second-order valence-electron chi connectivity index (χ2n) is 6.77. The van der Waals surface area contributed by atoms with E-state index in [4.69, 9.17) is 12.2 Å². The lowest BCUT2D eigenvalue weighted by atomic mass is 10.0. The van der Waals surface area contributed by atoms with Crippen LogP contribution in [0.2, 0.25) is 0 Å². The van der Waals surface area contributed by atoms with E-state index in [1.807, 2.05) is 49.4 Å². The Kier molecular flexibility index (Phi) is 7.51. The number of amides is 1. The largest absolute Gasteiger partial charge is 0.332 e. The van der Waals surface area contributed by atoms with E-state index >= 15 is 0 Å². The first-order valence-corrected chi connectivity index (χ1v) is 11.7. The number of anilines is 1. The van der Waals surface area contributed by atoms with Crippen LogP contribution in [0.5, 0.6) is 0 Å². The highest BCUT2D eigenvalue weighted by Gasteiger charge is 2.12. The smallest absolute Gasteiger partial charge is 0.250 e. The summed E-state index contributed by atoms with van der Waals surface area (Å²) in [6.07, 6.45) is 3.87. The Balaban J connectivity index is 1.59. The zero-order valence-corrected chi connectivity index (χ0v) is 18.6. The fourth-order valence-corrected chi connectivity index (χ4v) is 4.27. The third-order valence-electron chi connectivity index (χ3n) is 4.44. The average Bonchev–Trinajstić information content (AvgIpc) is 2.76. The van der Waals surface area contributed by atoms with Crippen molar-refractivity contribution in [1.29, 1.82) is 0 Å². The highest BCUT2D eigenvalue weighted by molar-refractivity contribution is 7.89. The molecule has 3 N–H and O–H groups in total. The Bertz CT molecular complexity index is 1220. The molecule has 0 aliphatic carbocycles. The van der Waals surface area contributed by atoms with Crippen LogP contribution in [0.3, 0.4) is 0 Å². The monoisotopic (exact) mass is 453 g/mol. The van der Waals surface area contributed by atoms with E-state index in [0.717, 1.165) is 16.3 Å². The van der Waals surface area contributed by atoms with Crippen LogP contribution in [0, 0.1) is 0 Å². The standard InChI is InChI=1S/C23H23N3O3S2/c1-2-16-24-31(28,29)20-13-11-19(12-14-20)25-23(30)26-22(27)15-10-18-8-5-7-17-6-3-4-9-21(17)18/h3-15,24H,2,16H2,1H3,(H2,25,26,27,30)/b15-10+. The number of hydrogen-bond donors (Lipinski definition) is 3. The van der Waals surface area contributed by atoms with Crippen LogP contribution in [-0.4, -0.2) is 26.0 Å². The fraction of sp³-hybridized carbons (Fsp3) is 0.130. The first kappa shape index (κ1) is 22.6. The number of carbonyl (C=O) groups is 1. The predicted octanol–water partition coefficient (Wildman–Crippen LogP) is 4.05. The molecule has 3 aromatic carbocycles. The van der Waals surface area contributed by atoms with E-state index in [2.05, 4.69) is 15.4 Å². The molecular weight excluding hydrogens is 430 g/mol. The van der Waals surface area contributed by atoms with Crippen molar-refractivity contribution in [2.24, 2.45) is 0 Å². The molecule has 0 unspecified atom stereocenters. The number of benzene rings is 3. The molecule has 6 nitrogen and oxygen atoms in total. The minimum absolute atomic E-state index is 0.118. The molecule has 0 saturated heterocycles. The normalized spacial score (nSPS) is 11.5. The maximum atomic E-state index is 12.2. The van der Waals surface area contributed by atoms with Crippen molar-refractivity contribution in [1.82, 2.24) is 10.0 Å². The van der Waals surface area contributed by atoms with Crippen LogP contribution in [0.4, 0.5) is 5.69 Å². The molecule has 0 spiro atoms. The number of fused-ring (bicyclic) bond motifs is 1. The lowest BCUT2D eigenvalue weighted by molar-refractivity contribution is -0.115. The van der Waals surface area contributed by atoms with Gasteiger partial charge in [-0.05, 0) is 65.3 Å². The topological polar surface area (TPSA) is 87.3 Å². The summed E-state index contributed by atoms with van der Waals surface area (Å²) in [5.74, 6) is -0.367. The van der Waals surface area contributed by atoms with Gasteiger partial charge in [-0.25, -0.2) is 13.1 Å². The Labute approximate surface area is 187 Å². The van der Waals surface area contributed by atoms with Gasteiger partial charge in [0.15, 0.2) is 5.11 Å². The Hall–Kier alpha value is -3.07. The first-order chi connectivity index (χ1) is 14.9. The van der Waals surface area contributed by atoms with Crippen LogP contribution in [0.15, 0.2) is 77.7 Å². The molecule has 0 aliphatic rings. The maximum Gasteiger partial charge on any atom is 0.250 e. The number of rotatable bonds is 7.